The van der Waals surface area contributed by atoms with E-state index in [9.17, 15) is 4.79 Å². The molecule has 0 saturated carbocycles. The second-order valence-electron chi connectivity index (χ2n) is 3.40. The molecule has 0 radical (unpaired) electrons. The molecule has 1 aromatic carbocycles. The van der Waals surface area contributed by atoms with Gasteiger partial charge < -0.3 is 9.47 Å². The number of hydrogen-bond acceptors (Lipinski definition) is 4. The summed E-state index contributed by atoms with van der Waals surface area (Å²) in [6.07, 6.45) is 1.51. The topological polar surface area (TPSA) is 47.9 Å². The van der Waals surface area contributed by atoms with Gasteiger partial charge in [0.1, 0.15) is 0 Å². The molecule has 2 rings (SSSR count). The number of benzene rings is 1. The van der Waals surface area contributed by atoms with Gasteiger partial charge in [0.15, 0.2) is 5.79 Å². The lowest BCUT2D eigenvalue weighted by Gasteiger charge is -2.22. The minimum Gasteiger partial charge on any atom is -0.344 e. The van der Waals surface area contributed by atoms with E-state index >= 15 is 0 Å². The van der Waals surface area contributed by atoms with Crippen molar-refractivity contribution in [2.75, 3.05) is 13.2 Å². The highest BCUT2D eigenvalue weighted by molar-refractivity contribution is 5.50. The summed E-state index contributed by atoms with van der Waals surface area (Å²) >= 11 is 0. The first-order valence-electron chi connectivity index (χ1n) is 4.71. The van der Waals surface area contributed by atoms with Crippen LogP contribution in [-0.4, -0.2) is 19.3 Å². The zero-order valence-corrected chi connectivity index (χ0v) is 8.40. The van der Waals surface area contributed by atoms with Gasteiger partial charge in [0.25, 0.3) is 0 Å². The first kappa shape index (κ1) is 10.1. The van der Waals surface area contributed by atoms with Gasteiger partial charge in [-0.15, -0.1) is 0 Å². The van der Waals surface area contributed by atoms with Crippen molar-refractivity contribution in [3.63, 3.8) is 0 Å². The summed E-state index contributed by atoms with van der Waals surface area (Å²) < 4.78 is 11.0. The first-order valence-corrected chi connectivity index (χ1v) is 4.71. The van der Waals surface area contributed by atoms with Crippen molar-refractivity contribution in [2.24, 2.45) is 4.99 Å². The summed E-state index contributed by atoms with van der Waals surface area (Å²) in [5.41, 5.74) is 1.42. The highest BCUT2D eigenvalue weighted by Crippen LogP contribution is 2.32. The summed E-state index contributed by atoms with van der Waals surface area (Å²) in [6.45, 7) is 3.01. The molecule has 4 nitrogen and oxygen atoms in total. The Morgan fingerprint density at radius 3 is 2.80 bits per heavy atom. The van der Waals surface area contributed by atoms with Gasteiger partial charge in [-0.2, -0.15) is 4.99 Å². The zero-order chi connectivity index (χ0) is 10.7. The van der Waals surface area contributed by atoms with Crippen LogP contribution in [0.1, 0.15) is 12.5 Å². The van der Waals surface area contributed by atoms with E-state index in [1.165, 1.54) is 6.08 Å². The summed E-state index contributed by atoms with van der Waals surface area (Å²) in [5, 5.41) is 0. The van der Waals surface area contributed by atoms with Crippen LogP contribution in [-0.2, 0) is 20.1 Å². The summed E-state index contributed by atoms with van der Waals surface area (Å²) in [7, 11) is 0. The molecular formula is C11H11NO3. The smallest absolute Gasteiger partial charge is 0.240 e. The molecule has 1 aliphatic heterocycles. The molecule has 1 aromatic rings. The van der Waals surface area contributed by atoms with Crippen molar-refractivity contribution >= 4 is 11.8 Å². The maximum absolute atomic E-state index is 10.1. The molecule has 78 valence electrons. The number of hydrogen-bond donors (Lipinski definition) is 0. The Kier molecular flexibility index (Phi) is 2.64. The van der Waals surface area contributed by atoms with Crippen LogP contribution in [0.25, 0.3) is 0 Å². The monoisotopic (exact) mass is 205 g/mol. The van der Waals surface area contributed by atoms with Gasteiger partial charge in [0, 0.05) is 5.56 Å². The van der Waals surface area contributed by atoms with Crippen LogP contribution in [0, 0.1) is 0 Å². The van der Waals surface area contributed by atoms with E-state index in [1.807, 2.05) is 19.1 Å². The molecule has 0 amide bonds. The normalized spacial score (nSPS) is 18.5. The Hall–Kier alpha value is -1.48. The molecule has 0 aromatic heterocycles. The van der Waals surface area contributed by atoms with Crippen molar-refractivity contribution in [3.8, 4) is 0 Å². The van der Waals surface area contributed by atoms with Crippen LogP contribution in [0.5, 0.6) is 0 Å². The lowest BCUT2D eigenvalue weighted by atomic mass is 10.1. The fraction of sp³-hybridized carbons (Fsp3) is 0.364. The zero-order valence-electron chi connectivity index (χ0n) is 8.40. The quantitative estimate of drug-likeness (QED) is 0.547. The fourth-order valence-electron chi connectivity index (χ4n) is 1.59. The molecule has 0 bridgehead atoms. The maximum atomic E-state index is 10.1. The molecule has 1 heterocycles. The number of nitrogens with zero attached hydrogens (tertiary/aromatic N) is 1. The molecule has 1 aliphatic rings. The third-order valence-electron chi connectivity index (χ3n) is 2.38. The van der Waals surface area contributed by atoms with E-state index in [-0.39, 0.29) is 0 Å². The van der Waals surface area contributed by atoms with Gasteiger partial charge in [0.05, 0.1) is 18.9 Å². The number of isocyanates is 1. The van der Waals surface area contributed by atoms with E-state index in [2.05, 4.69) is 4.99 Å². The van der Waals surface area contributed by atoms with Gasteiger partial charge in [-0.25, -0.2) is 4.79 Å². The van der Waals surface area contributed by atoms with E-state index < -0.39 is 5.79 Å². The number of ether oxygens (including phenoxy) is 2. The summed E-state index contributed by atoms with van der Waals surface area (Å²) in [4.78, 5) is 13.7. The van der Waals surface area contributed by atoms with Gasteiger partial charge in [-0.3, -0.25) is 0 Å². The highest BCUT2D eigenvalue weighted by atomic mass is 16.7. The predicted octanol–water partition coefficient (Wildman–Crippen LogP) is 1.87. The third-order valence-corrected chi connectivity index (χ3v) is 2.38. The molecule has 4 heteroatoms. The van der Waals surface area contributed by atoms with Gasteiger partial charge in [-0.1, -0.05) is 12.1 Å². The fourth-order valence-corrected chi connectivity index (χ4v) is 1.59. The third kappa shape index (κ3) is 1.97. The number of aliphatic imine (C=N–C) groups is 1. The van der Waals surface area contributed by atoms with Crippen LogP contribution in [0.2, 0.25) is 0 Å². The molecule has 1 saturated heterocycles. The number of carbonyl (C=O) groups excluding carboxylic acids is 1. The Bertz CT molecular complexity index is 404. The summed E-state index contributed by atoms with van der Waals surface area (Å²) in [6, 6.07) is 7.18. The minimum absolute atomic E-state index is 0.558. The SMILES string of the molecule is CC1(c2cccc(N=C=O)c2)OCCO1. The Morgan fingerprint density at radius 2 is 2.13 bits per heavy atom. The molecule has 0 aliphatic carbocycles. The predicted molar refractivity (Wildman–Crippen MR) is 53.5 cm³/mol. The highest BCUT2D eigenvalue weighted by Gasteiger charge is 2.33. The van der Waals surface area contributed by atoms with Crippen molar-refractivity contribution in [3.05, 3.63) is 29.8 Å². The molecule has 1 fully saturated rings. The molecule has 15 heavy (non-hydrogen) atoms. The largest absolute Gasteiger partial charge is 0.344 e. The average molecular weight is 205 g/mol. The van der Waals surface area contributed by atoms with Crippen molar-refractivity contribution in [1.82, 2.24) is 0 Å². The van der Waals surface area contributed by atoms with E-state index in [4.69, 9.17) is 9.47 Å². The summed E-state index contributed by atoms with van der Waals surface area (Å²) in [5.74, 6) is -0.714. The average Bonchev–Trinajstić information content (AvgIpc) is 2.68. The van der Waals surface area contributed by atoms with Gasteiger partial charge >= 0.3 is 0 Å². The van der Waals surface area contributed by atoms with Crippen LogP contribution in [0.15, 0.2) is 29.3 Å². The lowest BCUT2D eigenvalue weighted by molar-refractivity contribution is -0.149. The van der Waals surface area contributed by atoms with Crippen LogP contribution >= 0.6 is 0 Å². The van der Waals surface area contributed by atoms with Gasteiger partial charge in [0.2, 0.25) is 6.08 Å². The first-order chi connectivity index (χ1) is 7.24. The molecule has 0 N–H and O–H groups in total. The molecule has 0 atom stereocenters. The molecular weight excluding hydrogens is 194 g/mol. The Balaban J connectivity index is 2.35. The molecule has 0 spiro atoms. The van der Waals surface area contributed by atoms with Gasteiger partial charge in [-0.05, 0) is 19.1 Å². The Morgan fingerprint density at radius 1 is 1.40 bits per heavy atom. The lowest BCUT2D eigenvalue weighted by Crippen LogP contribution is -2.22. The second kappa shape index (κ2) is 3.95. The van der Waals surface area contributed by atoms with E-state index in [0.29, 0.717) is 18.9 Å². The number of rotatable bonds is 2. The van der Waals surface area contributed by atoms with Crippen molar-refractivity contribution < 1.29 is 14.3 Å². The van der Waals surface area contributed by atoms with Crippen LogP contribution in [0.3, 0.4) is 0 Å². The van der Waals surface area contributed by atoms with E-state index in [1.54, 1.807) is 12.1 Å². The van der Waals surface area contributed by atoms with Crippen molar-refractivity contribution in [1.29, 1.82) is 0 Å². The standard InChI is InChI=1S/C11H11NO3/c1-11(14-5-6-15-11)9-3-2-4-10(7-9)12-8-13/h2-4,7H,5-6H2,1H3. The van der Waals surface area contributed by atoms with Crippen molar-refractivity contribution in [2.45, 2.75) is 12.7 Å². The second-order valence-corrected chi connectivity index (χ2v) is 3.40. The Labute approximate surface area is 87.5 Å². The van der Waals surface area contributed by atoms with Crippen LogP contribution in [0.4, 0.5) is 5.69 Å². The van der Waals surface area contributed by atoms with E-state index in [0.717, 1.165) is 5.56 Å². The molecule has 0 unspecified atom stereocenters. The minimum atomic E-state index is -0.714. The van der Waals surface area contributed by atoms with Crippen LogP contribution < -0.4 is 0 Å². The maximum Gasteiger partial charge on any atom is 0.240 e.